The average molecular weight is 282 g/mol. The molecule has 7 heteroatoms. The number of ether oxygens (including phenoxy) is 1. The minimum Gasteiger partial charge on any atom is -0.423 e. The molecule has 1 rings (SSSR count). The van der Waals surface area contributed by atoms with Gasteiger partial charge >= 0.3 is 7.12 Å². The zero-order valence-electron chi connectivity index (χ0n) is 11.8. The van der Waals surface area contributed by atoms with E-state index in [1.54, 1.807) is 12.1 Å². The standard InChI is InChI=1S/C13H23BN2O4/c1-2-3-6-20-10-13(17)9-15-8-12-5-4-11(7-16-12)14(18)19/h4-5,7,13,15,17-19H,2-3,6,8-10H2,1H3. The van der Waals surface area contributed by atoms with Gasteiger partial charge in [-0.25, -0.2) is 0 Å². The van der Waals surface area contributed by atoms with E-state index in [4.69, 9.17) is 14.8 Å². The molecule has 0 aliphatic rings. The first-order chi connectivity index (χ1) is 9.63. The van der Waals surface area contributed by atoms with Crippen LogP contribution in [0, 0.1) is 0 Å². The lowest BCUT2D eigenvalue weighted by Crippen LogP contribution is -2.32. The van der Waals surface area contributed by atoms with E-state index in [0.29, 0.717) is 31.8 Å². The molecule has 0 saturated heterocycles. The molecular formula is C13H23BN2O4. The Balaban J connectivity index is 2.16. The van der Waals surface area contributed by atoms with Crippen molar-refractivity contribution in [1.82, 2.24) is 10.3 Å². The number of aliphatic hydroxyl groups excluding tert-OH is 1. The molecule has 0 saturated carbocycles. The normalized spacial score (nSPS) is 12.4. The molecule has 20 heavy (non-hydrogen) atoms. The first-order valence-corrected chi connectivity index (χ1v) is 6.91. The van der Waals surface area contributed by atoms with E-state index in [9.17, 15) is 5.11 Å². The lowest BCUT2D eigenvalue weighted by atomic mass is 9.82. The van der Waals surface area contributed by atoms with Gasteiger partial charge in [0.1, 0.15) is 0 Å². The largest absolute Gasteiger partial charge is 0.490 e. The molecule has 0 aliphatic carbocycles. The van der Waals surface area contributed by atoms with E-state index in [-0.39, 0.29) is 0 Å². The third kappa shape index (κ3) is 6.97. The average Bonchev–Trinajstić information content (AvgIpc) is 2.44. The summed E-state index contributed by atoms with van der Waals surface area (Å²) in [6.45, 7) is 4.04. The molecule has 1 heterocycles. The van der Waals surface area contributed by atoms with Crippen molar-refractivity contribution in [2.24, 2.45) is 0 Å². The van der Waals surface area contributed by atoms with E-state index < -0.39 is 13.2 Å². The molecular weight excluding hydrogens is 259 g/mol. The summed E-state index contributed by atoms with van der Waals surface area (Å²) in [5.74, 6) is 0. The van der Waals surface area contributed by atoms with E-state index in [1.165, 1.54) is 6.20 Å². The van der Waals surface area contributed by atoms with Crippen LogP contribution in [0.25, 0.3) is 0 Å². The number of pyridine rings is 1. The monoisotopic (exact) mass is 282 g/mol. The molecule has 0 radical (unpaired) electrons. The van der Waals surface area contributed by atoms with Crippen molar-refractivity contribution in [2.75, 3.05) is 19.8 Å². The minimum atomic E-state index is -1.49. The predicted molar refractivity (Wildman–Crippen MR) is 77.5 cm³/mol. The molecule has 4 N–H and O–H groups in total. The smallest absolute Gasteiger partial charge is 0.423 e. The molecule has 0 aromatic carbocycles. The Kier molecular flexibility index (Phi) is 8.40. The number of hydrogen-bond acceptors (Lipinski definition) is 6. The highest BCUT2D eigenvalue weighted by molar-refractivity contribution is 6.58. The van der Waals surface area contributed by atoms with Gasteiger partial charge in [-0.15, -0.1) is 0 Å². The molecule has 0 spiro atoms. The maximum absolute atomic E-state index is 9.67. The summed E-state index contributed by atoms with van der Waals surface area (Å²) in [6.07, 6.45) is 2.97. The summed E-state index contributed by atoms with van der Waals surface area (Å²) < 4.78 is 5.32. The zero-order valence-corrected chi connectivity index (χ0v) is 11.8. The maximum Gasteiger partial charge on any atom is 0.490 e. The van der Waals surface area contributed by atoms with Crippen molar-refractivity contribution in [3.8, 4) is 0 Å². The van der Waals surface area contributed by atoms with Gasteiger partial charge in [-0.05, 0) is 12.5 Å². The van der Waals surface area contributed by atoms with E-state index >= 15 is 0 Å². The highest BCUT2D eigenvalue weighted by Crippen LogP contribution is 1.93. The summed E-state index contributed by atoms with van der Waals surface area (Å²) in [4.78, 5) is 4.09. The quantitative estimate of drug-likeness (QED) is 0.326. The third-order valence-electron chi connectivity index (χ3n) is 2.78. The number of unbranched alkanes of at least 4 members (excludes halogenated alkanes) is 1. The topological polar surface area (TPSA) is 94.8 Å². The van der Waals surface area contributed by atoms with Crippen molar-refractivity contribution < 1.29 is 19.9 Å². The van der Waals surface area contributed by atoms with Gasteiger partial charge in [0, 0.05) is 31.4 Å². The van der Waals surface area contributed by atoms with Crippen molar-refractivity contribution in [3.63, 3.8) is 0 Å². The van der Waals surface area contributed by atoms with Crippen molar-refractivity contribution in [1.29, 1.82) is 0 Å². The number of nitrogens with one attached hydrogen (secondary N) is 1. The SMILES string of the molecule is CCCCOCC(O)CNCc1ccc(B(O)O)cn1. The van der Waals surface area contributed by atoms with Gasteiger partial charge in [0.25, 0.3) is 0 Å². The fraction of sp³-hybridized carbons (Fsp3) is 0.615. The van der Waals surface area contributed by atoms with Crippen LogP contribution in [-0.4, -0.2) is 53.1 Å². The third-order valence-corrected chi connectivity index (χ3v) is 2.78. The van der Waals surface area contributed by atoms with Gasteiger partial charge in [0.2, 0.25) is 0 Å². The van der Waals surface area contributed by atoms with Gasteiger partial charge in [-0.2, -0.15) is 0 Å². The molecule has 1 aromatic rings. The van der Waals surface area contributed by atoms with Crippen LogP contribution in [0.5, 0.6) is 0 Å². The van der Waals surface area contributed by atoms with Gasteiger partial charge in [-0.3, -0.25) is 4.98 Å². The van der Waals surface area contributed by atoms with Crippen molar-refractivity contribution in [2.45, 2.75) is 32.4 Å². The van der Waals surface area contributed by atoms with Gasteiger partial charge in [-0.1, -0.05) is 19.4 Å². The van der Waals surface area contributed by atoms with Crippen LogP contribution in [0.4, 0.5) is 0 Å². The van der Waals surface area contributed by atoms with Gasteiger partial charge in [0.15, 0.2) is 0 Å². The first kappa shape index (κ1) is 17.1. The van der Waals surface area contributed by atoms with E-state index in [0.717, 1.165) is 18.5 Å². The summed E-state index contributed by atoms with van der Waals surface area (Å²) in [5.41, 5.74) is 1.13. The number of aliphatic hydroxyl groups is 1. The lowest BCUT2D eigenvalue weighted by Gasteiger charge is -2.12. The Morgan fingerprint density at radius 3 is 2.80 bits per heavy atom. The predicted octanol–water partition coefficient (Wildman–Crippen LogP) is -0.971. The Morgan fingerprint density at radius 2 is 2.20 bits per heavy atom. The van der Waals surface area contributed by atoms with Gasteiger partial charge < -0.3 is 25.2 Å². The summed E-state index contributed by atoms with van der Waals surface area (Å²) in [5, 5.41) is 30.6. The van der Waals surface area contributed by atoms with Crippen molar-refractivity contribution >= 4 is 12.6 Å². The van der Waals surface area contributed by atoms with Crippen LogP contribution >= 0.6 is 0 Å². The fourth-order valence-electron chi connectivity index (χ4n) is 1.58. The van der Waals surface area contributed by atoms with Crippen LogP contribution in [0.3, 0.4) is 0 Å². The van der Waals surface area contributed by atoms with Crippen LogP contribution in [0.2, 0.25) is 0 Å². The molecule has 112 valence electrons. The Bertz CT molecular complexity index is 362. The summed E-state index contributed by atoms with van der Waals surface area (Å²) in [7, 11) is -1.49. The Hall–Kier alpha value is -0.985. The van der Waals surface area contributed by atoms with E-state index in [1.807, 2.05) is 0 Å². The molecule has 1 unspecified atom stereocenters. The molecule has 1 atom stereocenters. The second-order valence-electron chi connectivity index (χ2n) is 4.67. The molecule has 0 aliphatic heterocycles. The molecule has 0 amide bonds. The Labute approximate surface area is 120 Å². The zero-order chi connectivity index (χ0) is 14.8. The number of aromatic nitrogens is 1. The second kappa shape index (κ2) is 9.85. The van der Waals surface area contributed by atoms with Crippen LogP contribution < -0.4 is 10.8 Å². The second-order valence-corrected chi connectivity index (χ2v) is 4.67. The van der Waals surface area contributed by atoms with Crippen LogP contribution in [0.15, 0.2) is 18.3 Å². The summed E-state index contributed by atoms with van der Waals surface area (Å²) in [6, 6.07) is 3.32. The van der Waals surface area contributed by atoms with Crippen molar-refractivity contribution in [3.05, 3.63) is 24.0 Å². The fourth-order valence-corrected chi connectivity index (χ4v) is 1.58. The summed E-state index contributed by atoms with van der Waals surface area (Å²) >= 11 is 0. The molecule has 1 aromatic heterocycles. The number of rotatable bonds is 10. The lowest BCUT2D eigenvalue weighted by molar-refractivity contribution is 0.0357. The number of hydrogen-bond donors (Lipinski definition) is 4. The van der Waals surface area contributed by atoms with Gasteiger partial charge in [0.05, 0.1) is 18.4 Å². The highest BCUT2D eigenvalue weighted by Gasteiger charge is 2.10. The Morgan fingerprint density at radius 1 is 1.40 bits per heavy atom. The molecule has 0 bridgehead atoms. The van der Waals surface area contributed by atoms with E-state index in [2.05, 4.69) is 17.2 Å². The maximum atomic E-state index is 9.67. The van der Waals surface area contributed by atoms with Crippen LogP contribution in [-0.2, 0) is 11.3 Å². The number of nitrogens with zero attached hydrogens (tertiary/aromatic N) is 1. The van der Waals surface area contributed by atoms with Crippen LogP contribution in [0.1, 0.15) is 25.5 Å². The molecule has 0 fully saturated rings. The highest BCUT2D eigenvalue weighted by atomic mass is 16.5. The first-order valence-electron chi connectivity index (χ1n) is 6.91. The minimum absolute atomic E-state index is 0.329. The molecule has 6 nitrogen and oxygen atoms in total.